The molecule has 2 unspecified atom stereocenters. The van der Waals surface area contributed by atoms with Crippen LogP contribution in [0.4, 0.5) is 13.2 Å². The van der Waals surface area contributed by atoms with Gasteiger partial charge in [0.15, 0.2) is 5.12 Å². The first-order valence-electron chi connectivity index (χ1n) is 6.05. The predicted octanol–water partition coefficient (Wildman–Crippen LogP) is 2.49. The van der Waals surface area contributed by atoms with Crippen molar-refractivity contribution in [2.75, 3.05) is 5.75 Å². The summed E-state index contributed by atoms with van der Waals surface area (Å²) in [5.41, 5.74) is -0.530. The third-order valence-corrected chi connectivity index (χ3v) is 3.45. The van der Waals surface area contributed by atoms with E-state index >= 15 is 0 Å². The number of halogens is 3. The first kappa shape index (κ1) is 17.8. The Morgan fingerprint density at radius 1 is 1.38 bits per heavy atom. The van der Waals surface area contributed by atoms with E-state index in [2.05, 4.69) is 4.74 Å². The van der Waals surface area contributed by atoms with E-state index < -0.39 is 35.9 Å². The van der Waals surface area contributed by atoms with Gasteiger partial charge in [0.1, 0.15) is 17.7 Å². The Balaban J connectivity index is 2.84. The second-order valence-corrected chi connectivity index (χ2v) is 5.44. The zero-order chi connectivity index (χ0) is 16.0. The molecule has 2 atom stereocenters. The molecule has 21 heavy (non-hydrogen) atoms. The van der Waals surface area contributed by atoms with E-state index in [1.54, 1.807) is 0 Å². The van der Waals surface area contributed by atoms with Crippen molar-refractivity contribution >= 4 is 16.9 Å². The van der Waals surface area contributed by atoms with Crippen molar-refractivity contribution in [3.8, 4) is 5.75 Å². The molecule has 8 heteroatoms. The lowest BCUT2D eigenvalue weighted by molar-refractivity contribution is -0.109. The summed E-state index contributed by atoms with van der Waals surface area (Å²) in [4.78, 5) is 10.8. The van der Waals surface area contributed by atoms with Crippen molar-refractivity contribution in [3.05, 3.63) is 29.6 Å². The third kappa shape index (κ3) is 5.56. The van der Waals surface area contributed by atoms with Crippen LogP contribution in [0.5, 0.6) is 5.75 Å². The molecule has 0 bridgehead atoms. The maximum atomic E-state index is 13.7. The summed E-state index contributed by atoms with van der Waals surface area (Å²) < 4.78 is 42.4. The number of carbonyl (C=O) groups is 1. The van der Waals surface area contributed by atoms with Crippen LogP contribution >= 0.6 is 11.8 Å². The van der Waals surface area contributed by atoms with Gasteiger partial charge in [0, 0.05) is 12.7 Å². The first-order chi connectivity index (χ1) is 9.82. The Labute approximate surface area is 123 Å². The molecule has 0 aromatic heterocycles. The summed E-state index contributed by atoms with van der Waals surface area (Å²) in [7, 11) is 0. The first-order valence-corrected chi connectivity index (χ1v) is 7.04. The molecule has 0 aliphatic heterocycles. The number of aliphatic hydroxyl groups is 2. The molecule has 1 aromatic rings. The standard InChI is InChI=1S/C13H15F3O4S/c1-7(17)21-6-5-9(18)12(19)11-8(14)3-2-4-10(11)20-13(15)16/h2-4,9,12-13,18-19H,5-6H2,1H3. The number of thioether (sulfide) groups is 1. The average molecular weight is 324 g/mol. The molecule has 0 saturated carbocycles. The van der Waals surface area contributed by atoms with Gasteiger partial charge in [-0.3, -0.25) is 4.79 Å². The molecule has 0 radical (unpaired) electrons. The molecule has 0 aliphatic carbocycles. The number of aliphatic hydroxyl groups excluding tert-OH is 2. The largest absolute Gasteiger partial charge is 0.434 e. The Morgan fingerprint density at radius 3 is 2.62 bits per heavy atom. The van der Waals surface area contributed by atoms with Crippen molar-refractivity contribution in [2.24, 2.45) is 0 Å². The van der Waals surface area contributed by atoms with Crippen LogP contribution in [0.25, 0.3) is 0 Å². The van der Waals surface area contributed by atoms with E-state index in [0.717, 1.165) is 30.0 Å². The van der Waals surface area contributed by atoms with Gasteiger partial charge in [0.25, 0.3) is 0 Å². The normalized spacial score (nSPS) is 14.0. The van der Waals surface area contributed by atoms with E-state index in [4.69, 9.17) is 0 Å². The maximum absolute atomic E-state index is 13.7. The second-order valence-electron chi connectivity index (χ2n) is 4.17. The maximum Gasteiger partial charge on any atom is 0.387 e. The molecule has 1 aromatic carbocycles. The molecular formula is C13H15F3O4S. The van der Waals surface area contributed by atoms with Crippen LogP contribution in [-0.2, 0) is 4.79 Å². The van der Waals surface area contributed by atoms with Gasteiger partial charge in [0.05, 0.1) is 11.7 Å². The van der Waals surface area contributed by atoms with Crippen molar-refractivity contribution in [2.45, 2.75) is 32.2 Å². The molecule has 0 aliphatic rings. The van der Waals surface area contributed by atoms with Gasteiger partial charge in [-0.15, -0.1) is 0 Å². The van der Waals surface area contributed by atoms with Gasteiger partial charge >= 0.3 is 6.61 Å². The molecule has 4 nitrogen and oxygen atoms in total. The molecular weight excluding hydrogens is 309 g/mol. The highest BCUT2D eigenvalue weighted by Gasteiger charge is 2.26. The highest BCUT2D eigenvalue weighted by molar-refractivity contribution is 8.13. The lowest BCUT2D eigenvalue weighted by Crippen LogP contribution is -2.21. The van der Waals surface area contributed by atoms with Crippen molar-refractivity contribution in [3.63, 3.8) is 0 Å². The molecule has 0 fully saturated rings. The van der Waals surface area contributed by atoms with Gasteiger partial charge in [-0.2, -0.15) is 8.78 Å². The second kappa shape index (κ2) is 8.26. The molecule has 0 saturated heterocycles. The van der Waals surface area contributed by atoms with Gasteiger partial charge < -0.3 is 14.9 Å². The SMILES string of the molecule is CC(=O)SCCC(O)C(O)c1c(F)cccc1OC(F)F. The summed E-state index contributed by atoms with van der Waals surface area (Å²) in [6, 6.07) is 3.19. The fourth-order valence-corrected chi connectivity index (χ4v) is 2.32. The number of hydrogen-bond donors (Lipinski definition) is 2. The third-order valence-electron chi connectivity index (χ3n) is 2.61. The Kier molecular flexibility index (Phi) is 7.00. The van der Waals surface area contributed by atoms with Crippen LogP contribution in [0.3, 0.4) is 0 Å². The zero-order valence-electron chi connectivity index (χ0n) is 11.1. The summed E-state index contributed by atoms with van der Waals surface area (Å²) in [5.74, 6) is -1.28. The number of ether oxygens (including phenoxy) is 1. The van der Waals surface area contributed by atoms with Gasteiger partial charge in [-0.25, -0.2) is 4.39 Å². The predicted molar refractivity (Wildman–Crippen MR) is 71.8 cm³/mol. The number of carbonyl (C=O) groups excluding carboxylic acids is 1. The highest BCUT2D eigenvalue weighted by atomic mass is 32.2. The van der Waals surface area contributed by atoms with Crippen molar-refractivity contribution in [1.29, 1.82) is 0 Å². The molecule has 0 amide bonds. The number of benzene rings is 1. The zero-order valence-corrected chi connectivity index (χ0v) is 11.9. The van der Waals surface area contributed by atoms with E-state index in [1.807, 2.05) is 0 Å². The van der Waals surface area contributed by atoms with Gasteiger partial charge in [0.2, 0.25) is 0 Å². The Morgan fingerprint density at radius 2 is 2.05 bits per heavy atom. The highest BCUT2D eigenvalue weighted by Crippen LogP contribution is 2.32. The molecule has 1 rings (SSSR count). The summed E-state index contributed by atoms with van der Waals surface area (Å²) in [6.07, 6.45) is -3.14. The van der Waals surface area contributed by atoms with Crippen molar-refractivity contribution in [1.82, 2.24) is 0 Å². The molecule has 118 valence electrons. The summed E-state index contributed by atoms with van der Waals surface area (Å²) in [6.45, 7) is -1.83. The Bertz CT molecular complexity index is 484. The Hall–Kier alpha value is -1.25. The van der Waals surface area contributed by atoms with Gasteiger partial charge in [-0.05, 0) is 18.6 Å². The van der Waals surface area contributed by atoms with Crippen LogP contribution in [0.2, 0.25) is 0 Å². The van der Waals surface area contributed by atoms with Crippen LogP contribution in [0, 0.1) is 5.82 Å². The number of hydrogen-bond acceptors (Lipinski definition) is 5. The van der Waals surface area contributed by atoms with E-state index in [-0.39, 0.29) is 17.3 Å². The lowest BCUT2D eigenvalue weighted by Gasteiger charge is -2.21. The molecule has 0 spiro atoms. The van der Waals surface area contributed by atoms with Crippen LogP contribution in [0.1, 0.15) is 25.0 Å². The minimum Gasteiger partial charge on any atom is -0.434 e. The minimum absolute atomic E-state index is 0.00609. The number of rotatable bonds is 7. The van der Waals surface area contributed by atoms with Gasteiger partial charge in [-0.1, -0.05) is 17.8 Å². The quantitative estimate of drug-likeness (QED) is 0.807. The number of alkyl halides is 2. The van der Waals surface area contributed by atoms with Crippen LogP contribution < -0.4 is 4.74 Å². The fourth-order valence-electron chi connectivity index (χ4n) is 1.68. The monoisotopic (exact) mass is 324 g/mol. The van der Waals surface area contributed by atoms with Crippen molar-refractivity contribution < 1.29 is 32.9 Å². The fraction of sp³-hybridized carbons (Fsp3) is 0.462. The van der Waals surface area contributed by atoms with Crippen LogP contribution in [-0.4, -0.2) is 33.8 Å². The molecule has 2 N–H and O–H groups in total. The topological polar surface area (TPSA) is 66.8 Å². The molecule has 0 heterocycles. The van der Waals surface area contributed by atoms with E-state index in [9.17, 15) is 28.2 Å². The summed E-state index contributed by atoms with van der Waals surface area (Å²) in [5, 5.41) is 19.5. The van der Waals surface area contributed by atoms with E-state index in [0.29, 0.717) is 0 Å². The summed E-state index contributed by atoms with van der Waals surface area (Å²) >= 11 is 0.936. The average Bonchev–Trinajstić information content (AvgIpc) is 2.37. The minimum atomic E-state index is -3.18. The smallest absolute Gasteiger partial charge is 0.387 e. The van der Waals surface area contributed by atoms with Crippen LogP contribution in [0.15, 0.2) is 18.2 Å². The van der Waals surface area contributed by atoms with E-state index in [1.165, 1.54) is 6.92 Å². The lowest BCUT2D eigenvalue weighted by atomic mass is 10.0.